The van der Waals surface area contributed by atoms with Crippen LogP contribution in [0.15, 0.2) is 67.1 Å². The molecular formula is C28H26ClN5O4. The molecule has 1 atom stereocenters. The minimum absolute atomic E-state index is 0.233. The molecular weight excluding hydrogens is 506 g/mol. The van der Waals surface area contributed by atoms with Crippen LogP contribution in [0.1, 0.15) is 0 Å². The molecule has 194 valence electrons. The average Bonchev–Trinajstić information content (AvgIpc) is 2.94. The summed E-state index contributed by atoms with van der Waals surface area (Å²) in [4.78, 5) is 13.4. The molecule has 0 radical (unpaired) electrons. The lowest BCUT2D eigenvalue weighted by molar-refractivity contribution is 0.220. The smallest absolute Gasteiger partial charge is 0.162 e. The summed E-state index contributed by atoms with van der Waals surface area (Å²) in [6.45, 7) is 0.502. The predicted molar refractivity (Wildman–Crippen MR) is 148 cm³/mol. The van der Waals surface area contributed by atoms with Crippen molar-refractivity contribution in [2.45, 2.75) is 6.04 Å². The Morgan fingerprint density at radius 1 is 0.842 bits per heavy atom. The van der Waals surface area contributed by atoms with Gasteiger partial charge in [-0.25, -0.2) is 4.98 Å². The van der Waals surface area contributed by atoms with Crippen LogP contribution in [0.5, 0.6) is 23.0 Å². The molecule has 5 rings (SSSR count). The summed E-state index contributed by atoms with van der Waals surface area (Å²) in [5, 5.41) is 3.08. The summed E-state index contributed by atoms with van der Waals surface area (Å²) in [7, 11) is 3.18. The number of benzene rings is 2. The first kappa shape index (κ1) is 25.3. The molecule has 38 heavy (non-hydrogen) atoms. The molecule has 3 heterocycles. The molecule has 0 unspecified atom stereocenters. The fraction of sp³-hybridized carbons (Fsp3) is 0.179. The molecule has 10 heteroatoms. The van der Waals surface area contributed by atoms with Gasteiger partial charge in [0.15, 0.2) is 11.5 Å². The molecule has 0 amide bonds. The number of rotatable bonds is 9. The Balaban J connectivity index is 1.38. The predicted octanol–water partition coefficient (Wildman–Crippen LogP) is 4.88. The third kappa shape index (κ3) is 5.34. The second kappa shape index (κ2) is 11.0. The number of nitrogens with zero attached hydrogens (tertiary/aromatic N) is 3. The maximum Gasteiger partial charge on any atom is 0.162 e. The number of hydrogen-bond acceptors (Lipinski definition) is 9. The van der Waals surface area contributed by atoms with Crippen LogP contribution < -0.4 is 30.4 Å². The Kier molecular flexibility index (Phi) is 7.30. The second-order valence-corrected chi connectivity index (χ2v) is 9.02. The number of aromatic nitrogens is 3. The van der Waals surface area contributed by atoms with Crippen molar-refractivity contribution in [1.29, 1.82) is 0 Å². The zero-order valence-electron chi connectivity index (χ0n) is 20.8. The number of ether oxygens (including phenoxy) is 4. The van der Waals surface area contributed by atoms with Crippen LogP contribution in [-0.4, -0.2) is 48.4 Å². The van der Waals surface area contributed by atoms with E-state index in [1.165, 1.54) is 0 Å². The Labute approximate surface area is 224 Å². The quantitative estimate of drug-likeness (QED) is 0.256. The van der Waals surface area contributed by atoms with Crippen molar-refractivity contribution < 1.29 is 18.9 Å². The molecule has 9 nitrogen and oxygen atoms in total. The van der Waals surface area contributed by atoms with Crippen molar-refractivity contribution in [2.75, 3.05) is 33.2 Å². The van der Waals surface area contributed by atoms with Gasteiger partial charge in [0.25, 0.3) is 0 Å². The lowest BCUT2D eigenvalue weighted by Gasteiger charge is -2.15. The van der Waals surface area contributed by atoms with Gasteiger partial charge in [-0.1, -0.05) is 17.7 Å². The van der Waals surface area contributed by atoms with E-state index >= 15 is 0 Å². The van der Waals surface area contributed by atoms with Gasteiger partial charge in [-0.15, -0.1) is 0 Å². The summed E-state index contributed by atoms with van der Waals surface area (Å²) >= 11 is 5.99. The first-order valence-electron chi connectivity index (χ1n) is 11.8. The Morgan fingerprint density at radius 3 is 2.37 bits per heavy atom. The molecule has 0 saturated carbocycles. The number of anilines is 1. The van der Waals surface area contributed by atoms with Gasteiger partial charge in [-0.3, -0.25) is 9.97 Å². The van der Waals surface area contributed by atoms with Crippen LogP contribution in [0.25, 0.3) is 32.9 Å². The number of fused-ring (bicyclic) bond motifs is 3. The maximum atomic E-state index is 6.34. The number of nitrogen functional groups attached to an aromatic ring is 1. The highest BCUT2D eigenvalue weighted by atomic mass is 35.5. The van der Waals surface area contributed by atoms with Crippen LogP contribution in [0.2, 0.25) is 5.02 Å². The minimum Gasteiger partial charge on any atom is -0.493 e. The third-order valence-electron chi connectivity index (χ3n) is 5.95. The lowest BCUT2D eigenvalue weighted by Crippen LogP contribution is -2.34. The first-order valence-corrected chi connectivity index (χ1v) is 12.2. The summed E-state index contributed by atoms with van der Waals surface area (Å²) < 4.78 is 22.5. The third-order valence-corrected chi connectivity index (χ3v) is 6.18. The van der Waals surface area contributed by atoms with Crippen LogP contribution in [0, 0.1) is 0 Å². The molecule has 0 spiro atoms. The van der Waals surface area contributed by atoms with E-state index in [-0.39, 0.29) is 19.3 Å². The van der Waals surface area contributed by atoms with Gasteiger partial charge < -0.3 is 30.4 Å². The van der Waals surface area contributed by atoms with Gasteiger partial charge in [0.1, 0.15) is 30.5 Å². The van der Waals surface area contributed by atoms with E-state index in [0.717, 1.165) is 27.2 Å². The molecule has 3 aromatic heterocycles. The average molecular weight is 532 g/mol. The van der Waals surface area contributed by atoms with Crippen LogP contribution in [-0.2, 0) is 0 Å². The zero-order chi connectivity index (χ0) is 26.6. The van der Waals surface area contributed by atoms with Crippen molar-refractivity contribution in [3.8, 4) is 34.3 Å². The lowest BCUT2D eigenvalue weighted by atomic mass is 10.0. The Hall–Kier alpha value is -4.34. The number of halogens is 1. The van der Waals surface area contributed by atoms with Crippen LogP contribution >= 0.6 is 11.6 Å². The molecule has 5 aromatic rings. The molecule has 0 saturated heterocycles. The largest absolute Gasteiger partial charge is 0.493 e. The topological polar surface area (TPSA) is 128 Å². The number of hydrogen-bond donors (Lipinski definition) is 2. The van der Waals surface area contributed by atoms with E-state index in [1.807, 2.05) is 36.4 Å². The monoisotopic (exact) mass is 531 g/mol. The van der Waals surface area contributed by atoms with Gasteiger partial charge in [0.2, 0.25) is 0 Å². The fourth-order valence-electron chi connectivity index (χ4n) is 4.06. The van der Waals surface area contributed by atoms with Gasteiger partial charge in [0.05, 0.1) is 37.7 Å². The molecule has 2 aromatic carbocycles. The van der Waals surface area contributed by atoms with Crippen molar-refractivity contribution >= 4 is 39.1 Å². The summed E-state index contributed by atoms with van der Waals surface area (Å²) in [5.41, 5.74) is 14.6. The van der Waals surface area contributed by atoms with Gasteiger partial charge in [-0.2, -0.15) is 0 Å². The fourth-order valence-corrected chi connectivity index (χ4v) is 4.24. The highest BCUT2D eigenvalue weighted by molar-refractivity contribution is 6.30. The van der Waals surface area contributed by atoms with Gasteiger partial charge >= 0.3 is 0 Å². The summed E-state index contributed by atoms with van der Waals surface area (Å²) in [5.74, 6) is 2.74. The molecule has 0 aliphatic heterocycles. The summed E-state index contributed by atoms with van der Waals surface area (Å²) in [6.07, 6.45) is 5.03. The van der Waals surface area contributed by atoms with Crippen LogP contribution in [0.4, 0.5) is 5.82 Å². The second-order valence-electron chi connectivity index (χ2n) is 8.59. The molecule has 0 fully saturated rings. The standard InChI is InChI=1S/C28H26ClN5O4/c1-35-26-9-22-21-8-24(34-28(31)23(21)13-33-25(22)10-27(26)36-2)16-6-20(12-32-11-16)38-15-18(30)14-37-19-5-3-4-17(29)7-19/h3-13,18H,14-15,30H2,1-2H3,(H2,31,34)/t18-/m1/s1. The Bertz CT molecular complexity index is 1610. The van der Waals surface area contributed by atoms with E-state index in [2.05, 4.69) is 15.0 Å². The highest BCUT2D eigenvalue weighted by Crippen LogP contribution is 2.37. The van der Waals surface area contributed by atoms with Crippen molar-refractivity contribution in [3.05, 3.63) is 72.1 Å². The van der Waals surface area contributed by atoms with Crippen LogP contribution in [0.3, 0.4) is 0 Å². The van der Waals surface area contributed by atoms with E-state index in [4.69, 9.17) is 42.0 Å². The van der Waals surface area contributed by atoms with Gasteiger partial charge in [-0.05, 0) is 41.8 Å². The Morgan fingerprint density at radius 2 is 1.61 bits per heavy atom. The maximum absolute atomic E-state index is 6.34. The summed E-state index contributed by atoms with van der Waals surface area (Å²) in [6, 6.07) is 14.3. The van der Waals surface area contributed by atoms with Crippen molar-refractivity contribution in [3.63, 3.8) is 0 Å². The SMILES string of the molecule is COc1cc2ncc3c(N)nc(-c4cncc(OC[C@H](N)COc5cccc(Cl)c5)c4)cc3c2cc1OC. The van der Waals surface area contributed by atoms with Crippen molar-refractivity contribution in [1.82, 2.24) is 15.0 Å². The minimum atomic E-state index is -0.363. The van der Waals surface area contributed by atoms with E-state index < -0.39 is 0 Å². The highest BCUT2D eigenvalue weighted by Gasteiger charge is 2.14. The molecule has 0 aliphatic carbocycles. The van der Waals surface area contributed by atoms with E-state index in [1.54, 1.807) is 44.9 Å². The number of methoxy groups -OCH3 is 2. The zero-order valence-corrected chi connectivity index (χ0v) is 21.6. The molecule has 0 bridgehead atoms. The number of pyridine rings is 3. The first-order chi connectivity index (χ1) is 18.4. The number of nitrogens with two attached hydrogens (primary N) is 2. The molecule has 0 aliphatic rings. The molecule has 4 N–H and O–H groups in total. The normalized spacial score (nSPS) is 11.9. The van der Waals surface area contributed by atoms with E-state index in [9.17, 15) is 0 Å². The van der Waals surface area contributed by atoms with E-state index in [0.29, 0.717) is 39.5 Å². The van der Waals surface area contributed by atoms with Crippen molar-refractivity contribution in [2.24, 2.45) is 5.73 Å². The van der Waals surface area contributed by atoms with Gasteiger partial charge in [0, 0.05) is 39.8 Å².